The van der Waals surface area contributed by atoms with E-state index in [1.165, 1.54) is 18.9 Å². The average molecular weight is 220 g/mol. The van der Waals surface area contributed by atoms with Crippen LogP contribution in [0.5, 0.6) is 0 Å². The second kappa shape index (κ2) is 2.89. The molecular formula is C13H16O3. The van der Waals surface area contributed by atoms with Crippen molar-refractivity contribution in [2.75, 3.05) is 0 Å². The number of hydrogen-bond donors (Lipinski definition) is 0. The zero-order chi connectivity index (χ0) is 10.9. The van der Waals surface area contributed by atoms with E-state index in [1.54, 1.807) is 0 Å². The zero-order valence-electron chi connectivity index (χ0n) is 9.17. The maximum Gasteiger partial charge on any atom is 0.330 e. The molecule has 0 spiro atoms. The summed E-state index contributed by atoms with van der Waals surface area (Å²) in [5.74, 6) is 2.65. The Kier molecular flexibility index (Phi) is 1.67. The number of esters is 1. The van der Waals surface area contributed by atoms with Crippen LogP contribution in [0.1, 0.15) is 19.3 Å². The van der Waals surface area contributed by atoms with Gasteiger partial charge in [-0.05, 0) is 42.9 Å². The molecule has 0 amide bonds. The van der Waals surface area contributed by atoms with Crippen LogP contribution in [0.2, 0.25) is 0 Å². The standard InChI is InChI=1S/C13H16O3/c1-2-11(14)15-9-4-6-3-7(9)8-5-10-13(16-10)12(6)8/h2,6-10,12-13H,1,3-5H2. The van der Waals surface area contributed by atoms with E-state index in [4.69, 9.17) is 9.47 Å². The van der Waals surface area contributed by atoms with Crippen LogP contribution in [-0.2, 0) is 14.3 Å². The predicted molar refractivity (Wildman–Crippen MR) is 56.5 cm³/mol. The van der Waals surface area contributed by atoms with Crippen molar-refractivity contribution in [3.8, 4) is 0 Å². The van der Waals surface area contributed by atoms with Crippen LogP contribution in [0.15, 0.2) is 12.7 Å². The fourth-order valence-corrected chi connectivity index (χ4v) is 4.60. The molecule has 3 heteroatoms. The molecule has 0 aromatic carbocycles. The Hall–Kier alpha value is -0.830. The molecule has 16 heavy (non-hydrogen) atoms. The van der Waals surface area contributed by atoms with Crippen molar-refractivity contribution >= 4 is 5.97 Å². The van der Waals surface area contributed by atoms with E-state index in [2.05, 4.69) is 6.58 Å². The van der Waals surface area contributed by atoms with E-state index >= 15 is 0 Å². The number of hydrogen-bond acceptors (Lipinski definition) is 3. The summed E-state index contributed by atoms with van der Waals surface area (Å²) in [6, 6.07) is 0. The van der Waals surface area contributed by atoms with Crippen LogP contribution in [0.3, 0.4) is 0 Å². The van der Waals surface area contributed by atoms with Crippen LogP contribution < -0.4 is 0 Å². The Labute approximate surface area is 94.8 Å². The first kappa shape index (κ1) is 9.23. The van der Waals surface area contributed by atoms with E-state index in [0.29, 0.717) is 18.1 Å². The minimum Gasteiger partial charge on any atom is -0.459 e. The van der Waals surface area contributed by atoms with Crippen LogP contribution in [0, 0.1) is 23.7 Å². The number of carbonyl (C=O) groups excluding carboxylic acids is 1. The van der Waals surface area contributed by atoms with Crippen molar-refractivity contribution in [1.82, 2.24) is 0 Å². The van der Waals surface area contributed by atoms with Gasteiger partial charge in [-0.15, -0.1) is 0 Å². The Morgan fingerprint density at radius 1 is 1.31 bits per heavy atom. The number of epoxide rings is 1. The van der Waals surface area contributed by atoms with E-state index in [1.807, 2.05) is 0 Å². The molecule has 0 aromatic rings. The van der Waals surface area contributed by atoms with Gasteiger partial charge in [-0.3, -0.25) is 0 Å². The lowest BCUT2D eigenvalue weighted by molar-refractivity contribution is -0.147. The molecule has 0 aromatic heterocycles. The first-order valence-electron chi connectivity index (χ1n) is 6.26. The molecule has 3 saturated carbocycles. The summed E-state index contributed by atoms with van der Waals surface area (Å²) in [5, 5.41) is 0. The topological polar surface area (TPSA) is 38.8 Å². The average Bonchev–Trinajstić information content (AvgIpc) is 2.68. The van der Waals surface area contributed by atoms with Crippen LogP contribution in [0.25, 0.3) is 0 Å². The van der Waals surface area contributed by atoms with Gasteiger partial charge in [0.2, 0.25) is 0 Å². The molecule has 7 atom stereocenters. The van der Waals surface area contributed by atoms with E-state index in [0.717, 1.165) is 24.2 Å². The third kappa shape index (κ3) is 1.05. The summed E-state index contributed by atoms with van der Waals surface area (Å²) in [7, 11) is 0. The quantitative estimate of drug-likeness (QED) is 0.402. The Bertz CT molecular complexity index is 364. The van der Waals surface area contributed by atoms with Crippen molar-refractivity contribution in [2.24, 2.45) is 23.7 Å². The van der Waals surface area contributed by atoms with Gasteiger partial charge in [-0.25, -0.2) is 4.79 Å². The van der Waals surface area contributed by atoms with E-state index in [9.17, 15) is 4.79 Å². The van der Waals surface area contributed by atoms with Gasteiger partial charge in [-0.2, -0.15) is 0 Å². The monoisotopic (exact) mass is 220 g/mol. The Balaban J connectivity index is 1.51. The summed E-state index contributed by atoms with van der Waals surface area (Å²) in [4.78, 5) is 11.2. The molecule has 0 radical (unpaired) electrons. The Morgan fingerprint density at radius 3 is 3.00 bits per heavy atom. The van der Waals surface area contributed by atoms with Gasteiger partial charge in [0.05, 0.1) is 12.2 Å². The number of ether oxygens (including phenoxy) is 2. The highest BCUT2D eigenvalue weighted by molar-refractivity contribution is 5.81. The minimum atomic E-state index is -0.256. The number of rotatable bonds is 2. The molecule has 7 unspecified atom stereocenters. The summed E-state index contributed by atoms with van der Waals surface area (Å²) < 4.78 is 11.1. The van der Waals surface area contributed by atoms with E-state index < -0.39 is 0 Å². The van der Waals surface area contributed by atoms with Crippen molar-refractivity contribution in [3.63, 3.8) is 0 Å². The van der Waals surface area contributed by atoms with Crippen molar-refractivity contribution in [2.45, 2.75) is 37.6 Å². The maximum absolute atomic E-state index is 11.2. The van der Waals surface area contributed by atoms with Gasteiger partial charge in [0.1, 0.15) is 6.10 Å². The molecule has 1 aliphatic heterocycles. The molecule has 0 N–H and O–H groups in total. The lowest BCUT2D eigenvalue weighted by atomic mass is 9.79. The normalized spacial score (nSPS) is 55.6. The summed E-state index contributed by atoms with van der Waals surface area (Å²) in [5.41, 5.74) is 0. The highest BCUT2D eigenvalue weighted by Gasteiger charge is 2.67. The lowest BCUT2D eigenvalue weighted by Gasteiger charge is -2.32. The van der Waals surface area contributed by atoms with Gasteiger partial charge >= 0.3 is 5.97 Å². The predicted octanol–water partition coefficient (Wildman–Crippen LogP) is 1.53. The third-order valence-corrected chi connectivity index (χ3v) is 5.12. The minimum absolute atomic E-state index is 0.161. The largest absolute Gasteiger partial charge is 0.459 e. The smallest absolute Gasteiger partial charge is 0.330 e. The zero-order valence-corrected chi connectivity index (χ0v) is 9.17. The second-order valence-electron chi connectivity index (χ2n) is 5.69. The van der Waals surface area contributed by atoms with Crippen molar-refractivity contribution < 1.29 is 14.3 Å². The van der Waals surface area contributed by atoms with Crippen LogP contribution >= 0.6 is 0 Å². The number of fused-ring (bicyclic) bond motifs is 7. The second-order valence-corrected chi connectivity index (χ2v) is 5.69. The van der Waals surface area contributed by atoms with Gasteiger partial charge in [-0.1, -0.05) is 6.58 Å². The fourth-order valence-electron chi connectivity index (χ4n) is 4.60. The molecule has 3 nitrogen and oxygen atoms in total. The van der Waals surface area contributed by atoms with Crippen LogP contribution in [0.4, 0.5) is 0 Å². The molecule has 86 valence electrons. The first-order valence-corrected chi connectivity index (χ1v) is 6.26. The summed E-state index contributed by atoms with van der Waals surface area (Å²) >= 11 is 0. The lowest BCUT2D eigenvalue weighted by Crippen LogP contribution is -2.34. The summed E-state index contributed by atoms with van der Waals surface area (Å²) in [6.07, 6.45) is 6.06. The molecule has 4 fully saturated rings. The highest BCUT2D eigenvalue weighted by atomic mass is 16.6. The molecule has 1 saturated heterocycles. The Morgan fingerprint density at radius 2 is 2.19 bits per heavy atom. The van der Waals surface area contributed by atoms with Crippen LogP contribution in [-0.4, -0.2) is 24.3 Å². The fraction of sp³-hybridized carbons (Fsp3) is 0.769. The highest BCUT2D eigenvalue weighted by Crippen LogP contribution is 2.64. The number of carbonyl (C=O) groups is 1. The SMILES string of the molecule is C=CC(=O)OC1CC2CC1C1CC3OC3C21. The molecule has 2 bridgehead atoms. The molecular weight excluding hydrogens is 204 g/mol. The third-order valence-electron chi connectivity index (χ3n) is 5.12. The van der Waals surface area contributed by atoms with Gasteiger partial charge in [0, 0.05) is 6.08 Å². The van der Waals surface area contributed by atoms with Gasteiger partial charge in [0.15, 0.2) is 0 Å². The summed E-state index contributed by atoms with van der Waals surface area (Å²) in [6.45, 7) is 3.46. The molecule has 1 heterocycles. The molecule has 3 aliphatic carbocycles. The van der Waals surface area contributed by atoms with E-state index in [-0.39, 0.29) is 12.1 Å². The molecule has 4 aliphatic rings. The van der Waals surface area contributed by atoms with Gasteiger partial charge in [0.25, 0.3) is 0 Å². The van der Waals surface area contributed by atoms with Crippen molar-refractivity contribution in [1.29, 1.82) is 0 Å². The maximum atomic E-state index is 11.2. The molecule has 4 rings (SSSR count). The van der Waals surface area contributed by atoms with Crippen molar-refractivity contribution in [3.05, 3.63) is 12.7 Å². The van der Waals surface area contributed by atoms with Gasteiger partial charge < -0.3 is 9.47 Å². The first-order chi connectivity index (χ1) is 7.78.